The zero-order valence-corrected chi connectivity index (χ0v) is 10.7. The molecule has 86 valence electrons. The van der Waals surface area contributed by atoms with E-state index in [1.54, 1.807) is 18.4 Å². The highest BCUT2D eigenvalue weighted by Crippen LogP contribution is 2.19. The second kappa shape index (κ2) is 4.86. The van der Waals surface area contributed by atoms with Crippen molar-refractivity contribution in [3.8, 4) is 11.5 Å². The highest BCUT2D eigenvalue weighted by Gasteiger charge is 2.11. The zero-order chi connectivity index (χ0) is 11.5. The Morgan fingerprint density at radius 2 is 2.44 bits per heavy atom. The third-order valence-corrected chi connectivity index (χ3v) is 3.21. The number of nitrogens with zero attached hydrogens (tertiary/aromatic N) is 3. The van der Waals surface area contributed by atoms with Crippen LogP contribution < -0.4 is 0 Å². The first-order valence-electron chi connectivity index (χ1n) is 4.79. The minimum Gasteiger partial charge on any atom is -0.383 e. The van der Waals surface area contributed by atoms with Crippen molar-refractivity contribution in [1.82, 2.24) is 19.7 Å². The van der Waals surface area contributed by atoms with Crippen LogP contribution in [0.15, 0.2) is 5.38 Å². The van der Waals surface area contributed by atoms with Gasteiger partial charge in [-0.1, -0.05) is 0 Å². The number of aromatic nitrogens is 4. The third kappa shape index (κ3) is 2.21. The van der Waals surface area contributed by atoms with E-state index >= 15 is 0 Å². The van der Waals surface area contributed by atoms with Gasteiger partial charge in [0.25, 0.3) is 0 Å². The SMILES string of the molecule is COCCn1c(-c2csc(C)n2)n[nH]c1=S. The molecule has 0 atom stereocenters. The van der Waals surface area contributed by atoms with Crippen LogP contribution >= 0.6 is 23.6 Å². The molecule has 0 saturated carbocycles. The van der Waals surface area contributed by atoms with Gasteiger partial charge in [0.15, 0.2) is 10.6 Å². The largest absolute Gasteiger partial charge is 0.383 e. The smallest absolute Gasteiger partial charge is 0.195 e. The van der Waals surface area contributed by atoms with E-state index in [0.717, 1.165) is 16.5 Å². The summed E-state index contributed by atoms with van der Waals surface area (Å²) in [5.74, 6) is 0.770. The lowest BCUT2D eigenvalue weighted by Gasteiger charge is -2.03. The van der Waals surface area contributed by atoms with Gasteiger partial charge in [-0.3, -0.25) is 9.67 Å². The Kier molecular flexibility index (Phi) is 3.47. The van der Waals surface area contributed by atoms with Crippen molar-refractivity contribution in [2.24, 2.45) is 0 Å². The predicted molar refractivity (Wildman–Crippen MR) is 65.1 cm³/mol. The van der Waals surface area contributed by atoms with Gasteiger partial charge < -0.3 is 4.74 Å². The topological polar surface area (TPSA) is 55.7 Å². The molecule has 0 saturated heterocycles. The maximum Gasteiger partial charge on any atom is 0.195 e. The Labute approximate surface area is 102 Å². The lowest BCUT2D eigenvalue weighted by atomic mass is 10.4. The second-order valence-corrected chi connectivity index (χ2v) is 4.70. The summed E-state index contributed by atoms with van der Waals surface area (Å²) >= 11 is 6.76. The van der Waals surface area contributed by atoms with Crippen molar-refractivity contribution in [2.75, 3.05) is 13.7 Å². The maximum atomic E-state index is 5.16. The number of hydrogen-bond acceptors (Lipinski definition) is 5. The molecule has 7 heteroatoms. The molecule has 0 amide bonds. The molecule has 0 aliphatic carbocycles. The van der Waals surface area contributed by atoms with Gasteiger partial charge in [0, 0.05) is 12.5 Å². The lowest BCUT2D eigenvalue weighted by molar-refractivity contribution is 0.187. The van der Waals surface area contributed by atoms with Crippen LogP contribution in [0.25, 0.3) is 11.5 Å². The molecular formula is C9H12N4OS2. The number of nitrogens with one attached hydrogen (secondary N) is 1. The van der Waals surface area contributed by atoms with Crippen molar-refractivity contribution in [2.45, 2.75) is 13.5 Å². The van der Waals surface area contributed by atoms with Gasteiger partial charge in [0.2, 0.25) is 0 Å². The number of methoxy groups -OCH3 is 1. The molecule has 0 spiro atoms. The first-order valence-corrected chi connectivity index (χ1v) is 6.08. The summed E-state index contributed by atoms with van der Waals surface area (Å²) in [5, 5.41) is 9.96. The number of aryl methyl sites for hydroxylation is 1. The highest BCUT2D eigenvalue weighted by atomic mass is 32.1. The molecule has 0 unspecified atom stereocenters. The van der Waals surface area contributed by atoms with Crippen LogP contribution in [-0.4, -0.2) is 33.5 Å². The summed E-state index contributed by atoms with van der Waals surface area (Å²) < 4.78 is 7.53. The van der Waals surface area contributed by atoms with Crippen molar-refractivity contribution in [3.63, 3.8) is 0 Å². The molecule has 2 heterocycles. The van der Waals surface area contributed by atoms with E-state index in [1.165, 1.54) is 0 Å². The average molecular weight is 256 g/mol. The van der Waals surface area contributed by atoms with E-state index in [-0.39, 0.29) is 0 Å². The van der Waals surface area contributed by atoms with Gasteiger partial charge in [-0.2, -0.15) is 5.10 Å². The van der Waals surface area contributed by atoms with Crippen LogP contribution in [0, 0.1) is 11.7 Å². The first kappa shape index (κ1) is 11.4. The quantitative estimate of drug-likeness (QED) is 0.850. The Hall–Kier alpha value is -1.05. The summed E-state index contributed by atoms with van der Waals surface area (Å²) in [5.41, 5.74) is 0.853. The van der Waals surface area contributed by atoms with Crippen LogP contribution in [0.5, 0.6) is 0 Å². The number of H-pyrrole nitrogens is 1. The molecule has 0 bridgehead atoms. The molecule has 16 heavy (non-hydrogen) atoms. The normalized spacial score (nSPS) is 10.9. The summed E-state index contributed by atoms with van der Waals surface area (Å²) in [6.07, 6.45) is 0. The summed E-state index contributed by atoms with van der Waals surface area (Å²) in [6.45, 7) is 3.25. The van der Waals surface area contributed by atoms with E-state index in [0.29, 0.717) is 17.9 Å². The molecular weight excluding hydrogens is 244 g/mol. The van der Waals surface area contributed by atoms with Gasteiger partial charge in [0.1, 0.15) is 5.69 Å². The fourth-order valence-electron chi connectivity index (χ4n) is 1.37. The van der Waals surface area contributed by atoms with E-state index in [9.17, 15) is 0 Å². The van der Waals surface area contributed by atoms with Crippen LogP contribution in [0.4, 0.5) is 0 Å². The molecule has 0 aromatic carbocycles. The van der Waals surface area contributed by atoms with Gasteiger partial charge in [-0.15, -0.1) is 11.3 Å². The Morgan fingerprint density at radius 1 is 1.62 bits per heavy atom. The van der Waals surface area contributed by atoms with Crippen LogP contribution in [-0.2, 0) is 11.3 Å². The molecule has 0 aliphatic heterocycles. The van der Waals surface area contributed by atoms with Gasteiger partial charge in [0.05, 0.1) is 18.2 Å². The summed E-state index contributed by atoms with van der Waals surface area (Å²) in [6, 6.07) is 0. The zero-order valence-electron chi connectivity index (χ0n) is 9.06. The van der Waals surface area contributed by atoms with Gasteiger partial charge >= 0.3 is 0 Å². The predicted octanol–water partition coefficient (Wildman–Crippen LogP) is 2.02. The van der Waals surface area contributed by atoms with E-state index in [1.807, 2.05) is 16.9 Å². The van der Waals surface area contributed by atoms with Crippen molar-refractivity contribution in [3.05, 3.63) is 15.2 Å². The molecule has 5 nitrogen and oxygen atoms in total. The minimum atomic E-state index is 0.595. The van der Waals surface area contributed by atoms with E-state index < -0.39 is 0 Å². The number of ether oxygens (including phenoxy) is 1. The highest BCUT2D eigenvalue weighted by molar-refractivity contribution is 7.71. The molecule has 0 aliphatic rings. The molecule has 2 aromatic heterocycles. The number of hydrogen-bond donors (Lipinski definition) is 1. The second-order valence-electron chi connectivity index (χ2n) is 3.25. The molecule has 2 rings (SSSR count). The monoisotopic (exact) mass is 256 g/mol. The van der Waals surface area contributed by atoms with E-state index in [2.05, 4.69) is 15.2 Å². The summed E-state index contributed by atoms with van der Waals surface area (Å²) in [4.78, 5) is 4.39. The fourth-order valence-corrected chi connectivity index (χ4v) is 2.18. The fraction of sp³-hybridized carbons (Fsp3) is 0.444. The Morgan fingerprint density at radius 3 is 3.06 bits per heavy atom. The molecule has 2 aromatic rings. The first-order chi connectivity index (χ1) is 7.72. The number of rotatable bonds is 4. The van der Waals surface area contributed by atoms with E-state index in [4.69, 9.17) is 17.0 Å². The minimum absolute atomic E-state index is 0.595. The molecule has 0 radical (unpaired) electrons. The van der Waals surface area contributed by atoms with Crippen LogP contribution in [0.1, 0.15) is 5.01 Å². The van der Waals surface area contributed by atoms with Crippen molar-refractivity contribution < 1.29 is 4.74 Å². The standard InChI is InChI=1S/C9H12N4OS2/c1-6-10-7(5-16-6)8-11-12-9(15)13(8)3-4-14-2/h5H,3-4H2,1-2H3,(H,12,15). The Bertz CT molecular complexity index is 528. The Balaban J connectivity index is 2.37. The number of thiazole rings is 1. The number of aromatic amines is 1. The van der Waals surface area contributed by atoms with Gasteiger partial charge in [-0.25, -0.2) is 4.98 Å². The lowest BCUT2D eigenvalue weighted by Crippen LogP contribution is -2.06. The third-order valence-electron chi connectivity index (χ3n) is 2.13. The molecule has 0 fully saturated rings. The average Bonchev–Trinajstić information content (AvgIpc) is 2.82. The van der Waals surface area contributed by atoms with Gasteiger partial charge in [-0.05, 0) is 19.1 Å². The van der Waals surface area contributed by atoms with Crippen LogP contribution in [0.3, 0.4) is 0 Å². The summed E-state index contributed by atoms with van der Waals surface area (Å²) in [7, 11) is 1.66. The van der Waals surface area contributed by atoms with Crippen molar-refractivity contribution >= 4 is 23.6 Å². The molecule has 1 N–H and O–H groups in total. The van der Waals surface area contributed by atoms with Crippen molar-refractivity contribution in [1.29, 1.82) is 0 Å². The van der Waals surface area contributed by atoms with Crippen LogP contribution in [0.2, 0.25) is 0 Å². The maximum absolute atomic E-state index is 5.16.